The zero-order chi connectivity index (χ0) is 18.7. The number of nitrogens with one attached hydrogen (secondary N) is 1. The van der Waals surface area contributed by atoms with Crippen LogP contribution in [0.2, 0.25) is 0 Å². The fourth-order valence-corrected chi connectivity index (χ4v) is 3.58. The topological polar surface area (TPSA) is 39.7 Å². The number of rotatable bonds is 10. The van der Waals surface area contributed by atoms with Gasteiger partial charge < -0.3 is 19.5 Å². The Labute approximate surface area is 162 Å². The zero-order valence-electron chi connectivity index (χ0n) is 16.3. The molecule has 0 spiro atoms. The van der Waals surface area contributed by atoms with Crippen molar-refractivity contribution >= 4 is 0 Å². The highest BCUT2D eigenvalue weighted by atomic mass is 16.5. The number of benzene rings is 2. The van der Waals surface area contributed by atoms with E-state index in [2.05, 4.69) is 17.4 Å². The van der Waals surface area contributed by atoms with Gasteiger partial charge >= 0.3 is 0 Å². The second kappa shape index (κ2) is 10.8. The maximum absolute atomic E-state index is 5.83. The molecule has 0 bridgehead atoms. The van der Waals surface area contributed by atoms with Crippen LogP contribution in [0, 0.1) is 5.92 Å². The number of methoxy groups -OCH3 is 1. The zero-order valence-corrected chi connectivity index (χ0v) is 16.3. The SMILES string of the molecule is COc1cc(CNCC2CCCCC2)ccc1OCCOc1ccccc1. The van der Waals surface area contributed by atoms with Crippen LogP contribution in [0.1, 0.15) is 37.7 Å². The second-order valence-electron chi connectivity index (χ2n) is 7.13. The summed E-state index contributed by atoms with van der Waals surface area (Å²) in [5.74, 6) is 3.22. The third kappa shape index (κ3) is 6.47. The Morgan fingerprint density at radius 1 is 0.889 bits per heavy atom. The summed E-state index contributed by atoms with van der Waals surface area (Å²) in [5, 5.41) is 3.60. The molecule has 0 aromatic heterocycles. The van der Waals surface area contributed by atoms with Gasteiger partial charge in [-0.2, -0.15) is 0 Å². The van der Waals surface area contributed by atoms with E-state index < -0.39 is 0 Å². The Morgan fingerprint density at radius 3 is 2.44 bits per heavy atom. The fourth-order valence-electron chi connectivity index (χ4n) is 3.58. The molecule has 0 heterocycles. The molecule has 4 heteroatoms. The summed E-state index contributed by atoms with van der Waals surface area (Å²) in [6.07, 6.45) is 6.92. The summed E-state index contributed by atoms with van der Waals surface area (Å²) in [6.45, 7) is 2.95. The van der Waals surface area contributed by atoms with Crippen molar-refractivity contribution in [2.45, 2.75) is 38.6 Å². The van der Waals surface area contributed by atoms with Gasteiger partial charge in [0.2, 0.25) is 0 Å². The third-order valence-electron chi connectivity index (χ3n) is 5.07. The van der Waals surface area contributed by atoms with Crippen LogP contribution < -0.4 is 19.5 Å². The Bertz CT molecular complexity index is 669. The number of para-hydroxylation sites is 1. The minimum atomic E-state index is 0.477. The van der Waals surface area contributed by atoms with E-state index in [0.29, 0.717) is 13.2 Å². The molecule has 27 heavy (non-hydrogen) atoms. The lowest BCUT2D eigenvalue weighted by atomic mass is 9.89. The summed E-state index contributed by atoms with van der Waals surface area (Å²) in [6, 6.07) is 15.9. The summed E-state index contributed by atoms with van der Waals surface area (Å²) in [4.78, 5) is 0. The van der Waals surface area contributed by atoms with Crippen molar-refractivity contribution in [1.29, 1.82) is 0 Å². The van der Waals surface area contributed by atoms with Crippen LogP contribution in [0.15, 0.2) is 48.5 Å². The quantitative estimate of drug-likeness (QED) is 0.609. The minimum absolute atomic E-state index is 0.477. The molecule has 0 aliphatic heterocycles. The average molecular weight is 370 g/mol. The maximum atomic E-state index is 5.83. The minimum Gasteiger partial charge on any atom is -0.493 e. The van der Waals surface area contributed by atoms with Crippen LogP contribution in [-0.4, -0.2) is 26.9 Å². The monoisotopic (exact) mass is 369 g/mol. The van der Waals surface area contributed by atoms with Gasteiger partial charge in [-0.1, -0.05) is 43.5 Å². The Hall–Kier alpha value is -2.20. The number of hydrogen-bond donors (Lipinski definition) is 1. The highest BCUT2D eigenvalue weighted by Crippen LogP contribution is 2.28. The molecule has 0 atom stereocenters. The van der Waals surface area contributed by atoms with Gasteiger partial charge in [-0.15, -0.1) is 0 Å². The van der Waals surface area contributed by atoms with Gasteiger partial charge in [-0.05, 0) is 55.1 Å². The average Bonchev–Trinajstić information content (AvgIpc) is 2.73. The number of ether oxygens (including phenoxy) is 3. The predicted molar refractivity (Wildman–Crippen MR) is 109 cm³/mol. The van der Waals surface area contributed by atoms with E-state index in [-0.39, 0.29) is 0 Å². The first kappa shape index (κ1) is 19.6. The molecule has 1 aliphatic rings. The first-order valence-corrected chi connectivity index (χ1v) is 10.0. The van der Waals surface area contributed by atoms with E-state index in [1.165, 1.54) is 37.7 Å². The molecule has 146 valence electrons. The van der Waals surface area contributed by atoms with Gasteiger partial charge in [-0.3, -0.25) is 0 Å². The van der Waals surface area contributed by atoms with Gasteiger partial charge in [0, 0.05) is 6.54 Å². The molecule has 2 aromatic rings. The molecule has 0 unspecified atom stereocenters. The van der Waals surface area contributed by atoms with Gasteiger partial charge in [-0.25, -0.2) is 0 Å². The van der Waals surface area contributed by atoms with Crippen molar-refractivity contribution in [1.82, 2.24) is 5.32 Å². The molecular weight excluding hydrogens is 338 g/mol. The Balaban J connectivity index is 1.42. The molecule has 0 saturated heterocycles. The van der Waals surface area contributed by atoms with Gasteiger partial charge in [0.15, 0.2) is 11.5 Å². The van der Waals surface area contributed by atoms with Crippen molar-refractivity contribution in [3.63, 3.8) is 0 Å². The van der Waals surface area contributed by atoms with Crippen molar-refractivity contribution in [3.8, 4) is 17.2 Å². The van der Waals surface area contributed by atoms with Gasteiger partial charge in [0.05, 0.1) is 7.11 Å². The molecule has 1 saturated carbocycles. The number of hydrogen-bond acceptors (Lipinski definition) is 4. The molecule has 3 rings (SSSR count). The third-order valence-corrected chi connectivity index (χ3v) is 5.07. The first-order valence-electron chi connectivity index (χ1n) is 10.0. The Kier molecular flexibility index (Phi) is 7.84. The molecule has 1 fully saturated rings. The van der Waals surface area contributed by atoms with Crippen molar-refractivity contribution < 1.29 is 14.2 Å². The van der Waals surface area contributed by atoms with Crippen molar-refractivity contribution in [2.75, 3.05) is 26.9 Å². The summed E-state index contributed by atoms with van der Waals surface area (Å²) < 4.78 is 17.0. The second-order valence-corrected chi connectivity index (χ2v) is 7.13. The normalized spacial score (nSPS) is 14.7. The molecule has 4 nitrogen and oxygen atoms in total. The van der Waals surface area contributed by atoms with E-state index >= 15 is 0 Å². The van der Waals surface area contributed by atoms with Crippen LogP contribution in [0.3, 0.4) is 0 Å². The summed E-state index contributed by atoms with van der Waals surface area (Å²) in [7, 11) is 1.68. The van der Waals surface area contributed by atoms with Crippen LogP contribution in [0.5, 0.6) is 17.2 Å². The Morgan fingerprint density at radius 2 is 1.67 bits per heavy atom. The lowest BCUT2D eigenvalue weighted by Gasteiger charge is -2.22. The van der Waals surface area contributed by atoms with E-state index in [4.69, 9.17) is 14.2 Å². The largest absolute Gasteiger partial charge is 0.493 e. The van der Waals surface area contributed by atoms with Gasteiger partial charge in [0.25, 0.3) is 0 Å². The molecule has 1 aliphatic carbocycles. The fraction of sp³-hybridized carbons (Fsp3) is 0.478. The highest BCUT2D eigenvalue weighted by Gasteiger charge is 2.13. The summed E-state index contributed by atoms with van der Waals surface area (Å²) in [5.41, 5.74) is 1.22. The highest BCUT2D eigenvalue weighted by molar-refractivity contribution is 5.43. The van der Waals surface area contributed by atoms with E-state index in [1.807, 2.05) is 36.4 Å². The van der Waals surface area contributed by atoms with E-state index in [9.17, 15) is 0 Å². The molecule has 1 N–H and O–H groups in total. The smallest absolute Gasteiger partial charge is 0.161 e. The first-order chi connectivity index (χ1) is 13.3. The molecular formula is C23H31NO3. The van der Waals surface area contributed by atoms with Crippen molar-refractivity contribution in [3.05, 3.63) is 54.1 Å². The van der Waals surface area contributed by atoms with Crippen LogP contribution in [0.25, 0.3) is 0 Å². The molecule has 0 radical (unpaired) electrons. The van der Waals surface area contributed by atoms with Crippen LogP contribution in [-0.2, 0) is 6.54 Å². The predicted octanol–water partition coefficient (Wildman–Crippen LogP) is 4.82. The summed E-state index contributed by atoms with van der Waals surface area (Å²) >= 11 is 0. The molecule has 2 aromatic carbocycles. The van der Waals surface area contributed by atoms with E-state index in [1.54, 1.807) is 7.11 Å². The maximum Gasteiger partial charge on any atom is 0.161 e. The van der Waals surface area contributed by atoms with Crippen LogP contribution in [0.4, 0.5) is 0 Å². The van der Waals surface area contributed by atoms with E-state index in [0.717, 1.165) is 36.3 Å². The lowest BCUT2D eigenvalue weighted by molar-refractivity contribution is 0.211. The van der Waals surface area contributed by atoms with Gasteiger partial charge in [0.1, 0.15) is 19.0 Å². The van der Waals surface area contributed by atoms with Crippen molar-refractivity contribution in [2.24, 2.45) is 5.92 Å². The lowest BCUT2D eigenvalue weighted by Crippen LogP contribution is -2.24. The van der Waals surface area contributed by atoms with Crippen LogP contribution >= 0.6 is 0 Å². The standard InChI is InChI=1S/C23H31NO3/c1-25-23-16-20(18-24-17-19-8-4-2-5-9-19)12-13-22(23)27-15-14-26-21-10-6-3-7-11-21/h3,6-7,10-13,16,19,24H,2,4-5,8-9,14-15,17-18H2,1H3. The molecule has 0 amide bonds.